The normalized spacial score (nSPS) is 24.1. The van der Waals surface area contributed by atoms with Gasteiger partial charge in [-0.2, -0.15) is 0 Å². The molecular weight excluding hydrogens is 1130 g/mol. The first-order valence-corrected chi connectivity index (χ1v) is 30.2. The quantitative estimate of drug-likeness (QED) is 0.0229. The highest BCUT2D eigenvalue weighted by atomic mass is 35.5. The topological polar surface area (TPSA) is 294 Å². The Hall–Kier alpha value is -6.94. The van der Waals surface area contributed by atoms with Crippen molar-refractivity contribution in [2.24, 2.45) is 29.4 Å². The van der Waals surface area contributed by atoms with Crippen LogP contribution in [0.3, 0.4) is 0 Å². The summed E-state index contributed by atoms with van der Waals surface area (Å²) >= 11 is 6.88. The number of urea groups is 1. The van der Waals surface area contributed by atoms with E-state index in [-0.39, 0.29) is 98.2 Å². The number of halogens is 1. The van der Waals surface area contributed by atoms with Gasteiger partial charge in [-0.1, -0.05) is 82.2 Å². The van der Waals surface area contributed by atoms with Crippen LogP contribution in [0.15, 0.2) is 66.4 Å². The fourth-order valence-corrected chi connectivity index (χ4v) is 11.8. The Balaban J connectivity index is 1.21. The average Bonchev–Trinajstić information content (AvgIpc) is 1.58. The molecule has 0 aliphatic carbocycles. The van der Waals surface area contributed by atoms with Gasteiger partial charge in [-0.15, -0.1) is 0 Å². The molecule has 0 spiro atoms. The Labute approximate surface area is 509 Å². The maximum Gasteiger partial charge on any atom is 0.412 e. The van der Waals surface area contributed by atoms with E-state index < -0.39 is 89.8 Å². The molecule has 6 N–H and O–H groups in total. The third-order valence-electron chi connectivity index (χ3n) is 16.8. The summed E-state index contributed by atoms with van der Waals surface area (Å²) in [4.78, 5) is 114. The van der Waals surface area contributed by atoms with Crippen molar-refractivity contribution >= 4 is 81.3 Å². The molecular formula is C64H87ClN6O15. The van der Waals surface area contributed by atoms with Crippen LogP contribution in [-0.2, 0) is 65.3 Å². The Kier molecular flexibility index (Phi) is 24.7. The zero-order valence-corrected chi connectivity index (χ0v) is 52.1. The predicted octanol–water partition coefficient (Wildman–Crippen LogP) is 8.99. The second kappa shape index (κ2) is 31.1. The molecule has 5 amide bonds. The fraction of sp³-hybridized carbons (Fsp3) is 0.578. The monoisotopic (exact) mass is 1210 g/mol. The molecule has 22 heteroatoms. The van der Waals surface area contributed by atoms with Gasteiger partial charge in [-0.05, 0) is 107 Å². The number of carbonyl (C=O) groups is 8. The number of amides is 5. The maximum atomic E-state index is 14.6. The summed E-state index contributed by atoms with van der Waals surface area (Å²) < 4.78 is 35.3. The van der Waals surface area contributed by atoms with Gasteiger partial charge in [0.2, 0.25) is 11.8 Å². The van der Waals surface area contributed by atoms with E-state index in [0.717, 1.165) is 11.1 Å². The summed E-state index contributed by atoms with van der Waals surface area (Å²) in [5, 5.41) is 21.0. The molecule has 9 atom stereocenters. The van der Waals surface area contributed by atoms with E-state index in [1.807, 2.05) is 40.7 Å². The van der Waals surface area contributed by atoms with Crippen LogP contribution in [0.25, 0.3) is 10.9 Å². The molecule has 470 valence electrons. The first-order valence-electron chi connectivity index (χ1n) is 29.8. The van der Waals surface area contributed by atoms with Crippen molar-refractivity contribution in [2.75, 3.05) is 44.6 Å². The molecule has 21 nitrogen and oxygen atoms in total. The molecule has 0 saturated carbocycles. The molecule has 0 radical (unpaired) electrons. The maximum absolute atomic E-state index is 14.6. The second-order valence-electron chi connectivity index (χ2n) is 23.5. The summed E-state index contributed by atoms with van der Waals surface area (Å²) in [5.74, 6) is -3.62. The van der Waals surface area contributed by atoms with Gasteiger partial charge in [0.25, 0.3) is 0 Å². The van der Waals surface area contributed by atoms with E-state index in [1.165, 1.54) is 25.3 Å². The number of fused-ring (bicyclic) bond motifs is 6. The number of ether oxygens (including phenoxy) is 6. The fourth-order valence-electron chi connectivity index (χ4n) is 11.5. The Bertz CT molecular complexity index is 3000. The molecule has 0 unspecified atom stereocenters. The molecule has 2 fully saturated rings. The van der Waals surface area contributed by atoms with Gasteiger partial charge in [-0.3, -0.25) is 39.1 Å². The van der Waals surface area contributed by atoms with Crippen molar-refractivity contribution in [3.05, 3.63) is 82.5 Å². The van der Waals surface area contributed by atoms with Crippen LogP contribution in [0.1, 0.15) is 137 Å². The van der Waals surface area contributed by atoms with Crippen molar-refractivity contribution in [3.8, 4) is 5.75 Å². The van der Waals surface area contributed by atoms with E-state index in [1.54, 1.807) is 69.4 Å². The van der Waals surface area contributed by atoms with E-state index in [2.05, 4.69) is 20.9 Å². The number of benzene rings is 2. The average molecular weight is 1220 g/mol. The molecule has 3 aliphatic rings. The lowest BCUT2D eigenvalue weighted by Gasteiger charge is -2.41. The van der Waals surface area contributed by atoms with Gasteiger partial charge >= 0.3 is 24.1 Å². The summed E-state index contributed by atoms with van der Waals surface area (Å²) in [6, 6.07) is 8.41. The number of ketones is 2. The van der Waals surface area contributed by atoms with Crippen molar-refractivity contribution in [1.82, 2.24) is 15.6 Å². The number of esters is 2. The number of pyridine rings is 1. The largest absolute Gasteiger partial charge is 0.495 e. The zero-order chi connectivity index (χ0) is 63.0. The molecule has 1 aromatic heterocycles. The molecule has 3 aromatic rings. The molecule has 4 heterocycles. The number of epoxide rings is 1. The predicted molar refractivity (Wildman–Crippen MR) is 324 cm³/mol. The van der Waals surface area contributed by atoms with Gasteiger partial charge in [-0.25, -0.2) is 9.59 Å². The van der Waals surface area contributed by atoms with E-state index in [4.69, 9.17) is 45.8 Å². The number of primary amides is 1. The van der Waals surface area contributed by atoms with Gasteiger partial charge < -0.3 is 54.8 Å². The third-order valence-corrected chi connectivity index (χ3v) is 17.2. The molecule has 3 aliphatic heterocycles. The lowest BCUT2D eigenvalue weighted by atomic mass is 9.78. The number of nitrogens with two attached hydrogens (primary N) is 1. The van der Waals surface area contributed by atoms with Crippen LogP contribution in [0, 0.1) is 23.7 Å². The summed E-state index contributed by atoms with van der Waals surface area (Å²) in [6.07, 6.45) is 5.53. The van der Waals surface area contributed by atoms with E-state index in [9.17, 15) is 43.5 Å². The Morgan fingerprint density at radius 3 is 2.45 bits per heavy atom. The smallest absolute Gasteiger partial charge is 0.412 e. The number of Topliss-reactive ketones (excluding diaryl/α,β-unsaturated/α-hetero) is 2. The number of anilines is 2. The van der Waals surface area contributed by atoms with Crippen LogP contribution in [0.4, 0.5) is 21.0 Å². The number of nitrogens with one attached hydrogen (secondary N) is 3. The summed E-state index contributed by atoms with van der Waals surface area (Å²) in [5.41, 5.74) is 5.37. The van der Waals surface area contributed by atoms with Crippen LogP contribution < -0.4 is 31.3 Å². The Morgan fingerprint density at radius 1 is 1.02 bits per heavy atom. The summed E-state index contributed by atoms with van der Waals surface area (Å²) in [6.45, 7) is 13.4. The minimum Gasteiger partial charge on any atom is -0.495 e. The van der Waals surface area contributed by atoms with Crippen molar-refractivity contribution in [3.63, 3.8) is 0 Å². The van der Waals surface area contributed by atoms with Crippen LogP contribution in [-0.4, -0.2) is 134 Å². The van der Waals surface area contributed by atoms with Crippen molar-refractivity contribution < 1.29 is 71.9 Å². The second-order valence-corrected chi connectivity index (χ2v) is 23.9. The van der Waals surface area contributed by atoms with Gasteiger partial charge in [0, 0.05) is 69.8 Å². The van der Waals surface area contributed by atoms with E-state index in [0.29, 0.717) is 66.4 Å². The van der Waals surface area contributed by atoms with Gasteiger partial charge in [0.1, 0.15) is 46.1 Å². The number of unbranched alkanes of at least 4 members (excludes halogenated alkanes) is 2. The first kappa shape index (κ1) is 68.2. The number of allylic oxidation sites excluding steroid dienone is 3. The molecule has 86 heavy (non-hydrogen) atoms. The lowest BCUT2D eigenvalue weighted by molar-refractivity contribution is -0.187. The first-order chi connectivity index (χ1) is 40.9. The number of nitrogens with zero attached hydrogens (tertiary/aromatic N) is 2. The standard InChI is InChI=1S/C64H87ClN6O15/c1-11-41(12-2)60(77)83-28-15-13-14-20-43(72)33-45(37(3)4)59(76)69-46(22-18-27-68-61(66)78)49(73)32-42-24-25-47(57-44(42)21-17-26-67-57)70-62(79)85-53-34-54(74)71(8)48-30-40(31-50(81-9)56(48)65)29-38(5)19-16-23-52(82-10)64(80)35-51(84-55(75)36-64)39(6)58-63(53,7)86-58/h16-17,19,21,23-26,30-31,37,39,41,45-46,51-53,58,80H,11-15,18,20,22,27-29,32-36H2,1-10H3,(H,69,76)(H,70,79)(H3,66,68,78)/b23-16+,38-19+/t39-,45+,46+,51+,52-,53+,58+,63+,64-/m1/s1. The van der Waals surface area contributed by atoms with Crippen molar-refractivity contribution in [2.45, 2.75) is 180 Å². The highest BCUT2D eigenvalue weighted by Gasteiger charge is 2.64. The van der Waals surface area contributed by atoms with Crippen LogP contribution in [0.5, 0.6) is 5.75 Å². The number of methoxy groups -OCH3 is 2. The number of carbonyl (C=O) groups excluding carboxylic acids is 8. The number of hydrogen-bond acceptors (Lipinski definition) is 16. The van der Waals surface area contributed by atoms with E-state index >= 15 is 0 Å². The van der Waals surface area contributed by atoms with Gasteiger partial charge in [0.15, 0.2) is 5.78 Å². The third kappa shape index (κ3) is 17.8. The minimum absolute atomic E-state index is 0.00502. The highest BCUT2D eigenvalue weighted by molar-refractivity contribution is 6.35. The number of hydrogen-bond donors (Lipinski definition) is 5. The van der Waals surface area contributed by atoms with Crippen molar-refractivity contribution in [1.29, 1.82) is 0 Å². The highest BCUT2D eigenvalue weighted by Crippen LogP contribution is 2.50. The molecule has 2 saturated heterocycles. The molecule has 4 bridgehead atoms. The summed E-state index contributed by atoms with van der Waals surface area (Å²) in [7, 11) is 4.48. The van der Waals surface area contributed by atoms with Crippen LogP contribution in [0.2, 0.25) is 5.02 Å². The zero-order valence-electron chi connectivity index (χ0n) is 51.3. The molecule has 6 rings (SSSR count). The van der Waals surface area contributed by atoms with Crippen LogP contribution >= 0.6 is 11.6 Å². The minimum atomic E-state index is -1.65. The number of aromatic nitrogens is 1. The SMILES string of the molecule is CCC(CC)C(=O)OCCCCCC(=O)C[C@H](C(=O)N[C@@H](CCCNC(N)=O)C(=O)Cc1ccc(NC(=O)O[C@H]2CC(=O)N(C)c3cc(cc(OC)c3Cl)C/C(C)=C/C=C/[C@@H](OC)[C@]3(O)CC(=O)O[C@@H](C3)[C@@H](C)[C@@H]3O[C@@]23C)c2ncccc12)C(C)C. The molecule has 2 aromatic carbocycles. The number of aliphatic hydroxyl groups is 1. The number of rotatable bonds is 25. The Morgan fingerprint density at radius 2 is 1.77 bits per heavy atom. The van der Waals surface area contributed by atoms with Gasteiger partial charge in [0.05, 0.1) is 61.5 Å². The lowest BCUT2D eigenvalue weighted by Crippen LogP contribution is -2.53.